The molecular weight excluding hydrogens is 330 g/mol. The van der Waals surface area contributed by atoms with E-state index in [1.54, 1.807) is 0 Å². The van der Waals surface area contributed by atoms with Crippen LogP contribution in [0, 0.1) is 6.92 Å². The van der Waals surface area contributed by atoms with Crippen LogP contribution >= 0.6 is 11.3 Å². The first-order chi connectivity index (χ1) is 12.0. The van der Waals surface area contributed by atoms with Gasteiger partial charge in [0, 0.05) is 37.8 Å². The van der Waals surface area contributed by atoms with Crippen molar-refractivity contribution in [2.75, 3.05) is 26.2 Å². The van der Waals surface area contributed by atoms with E-state index in [2.05, 4.69) is 43.9 Å². The molecule has 0 bridgehead atoms. The topological polar surface area (TPSA) is 36.4 Å². The number of amides is 1. The lowest BCUT2D eigenvalue weighted by Gasteiger charge is -2.36. The molecule has 2 heterocycles. The predicted molar refractivity (Wildman–Crippen MR) is 104 cm³/mol. The minimum absolute atomic E-state index is 0.138. The van der Waals surface area contributed by atoms with E-state index >= 15 is 0 Å². The van der Waals surface area contributed by atoms with Gasteiger partial charge in [0.15, 0.2) is 0 Å². The van der Waals surface area contributed by atoms with E-state index < -0.39 is 0 Å². The van der Waals surface area contributed by atoms with Gasteiger partial charge >= 0.3 is 0 Å². The third kappa shape index (κ3) is 3.77. The second-order valence-electron chi connectivity index (χ2n) is 6.87. The van der Waals surface area contributed by atoms with Gasteiger partial charge < -0.3 is 4.90 Å². The first-order valence-electron chi connectivity index (χ1n) is 9.10. The standard InChI is InChI=1S/C20H27N3OS/c1-5-16-8-6-7-9-17(16)19-21-15(4)18(25-19)20(24)23-12-10-22(11-13-23)14(2)3/h6-9,14H,5,10-13H2,1-4H3. The predicted octanol–water partition coefficient (Wildman–Crippen LogP) is 3.85. The van der Waals surface area contributed by atoms with Crippen LogP contribution in [0.4, 0.5) is 0 Å². The molecule has 2 aromatic rings. The first-order valence-corrected chi connectivity index (χ1v) is 9.92. The number of nitrogens with zero attached hydrogens (tertiary/aromatic N) is 3. The largest absolute Gasteiger partial charge is 0.335 e. The van der Waals surface area contributed by atoms with Gasteiger partial charge in [-0.15, -0.1) is 11.3 Å². The Kier molecular flexibility index (Phi) is 5.54. The Morgan fingerprint density at radius 3 is 2.52 bits per heavy atom. The molecule has 0 radical (unpaired) electrons. The zero-order valence-electron chi connectivity index (χ0n) is 15.6. The number of hydrogen-bond donors (Lipinski definition) is 0. The molecule has 1 aromatic heterocycles. The lowest BCUT2D eigenvalue weighted by Crippen LogP contribution is -2.50. The molecule has 0 N–H and O–H groups in total. The van der Waals surface area contributed by atoms with Crippen molar-refractivity contribution in [3.8, 4) is 10.6 Å². The molecule has 0 spiro atoms. The SMILES string of the molecule is CCc1ccccc1-c1nc(C)c(C(=O)N2CCN(C(C)C)CC2)s1. The molecular formula is C20H27N3OS. The fourth-order valence-corrected chi connectivity index (χ4v) is 4.43. The lowest BCUT2D eigenvalue weighted by molar-refractivity contribution is 0.0599. The summed E-state index contributed by atoms with van der Waals surface area (Å²) in [5, 5.41) is 0.958. The third-order valence-electron chi connectivity index (χ3n) is 4.95. The molecule has 3 rings (SSSR count). The fraction of sp³-hybridized carbons (Fsp3) is 0.500. The van der Waals surface area contributed by atoms with Gasteiger partial charge in [0.2, 0.25) is 0 Å². The highest BCUT2D eigenvalue weighted by Crippen LogP contribution is 2.31. The molecule has 1 amide bonds. The second kappa shape index (κ2) is 7.67. The van der Waals surface area contributed by atoms with Crippen molar-refractivity contribution in [1.82, 2.24) is 14.8 Å². The highest BCUT2D eigenvalue weighted by atomic mass is 32.1. The highest BCUT2D eigenvalue weighted by Gasteiger charge is 2.26. The zero-order valence-corrected chi connectivity index (χ0v) is 16.4. The van der Waals surface area contributed by atoms with Crippen molar-refractivity contribution >= 4 is 17.2 Å². The average Bonchev–Trinajstić information content (AvgIpc) is 3.02. The number of hydrogen-bond acceptors (Lipinski definition) is 4. The number of aromatic nitrogens is 1. The van der Waals surface area contributed by atoms with Crippen molar-refractivity contribution in [3.05, 3.63) is 40.4 Å². The molecule has 0 saturated carbocycles. The molecule has 134 valence electrons. The van der Waals surface area contributed by atoms with E-state index in [0.29, 0.717) is 6.04 Å². The van der Waals surface area contributed by atoms with E-state index in [9.17, 15) is 4.79 Å². The summed E-state index contributed by atoms with van der Waals surface area (Å²) in [6, 6.07) is 8.88. The normalized spacial score (nSPS) is 15.8. The van der Waals surface area contributed by atoms with Gasteiger partial charge in [-0.25, -0.2) is 4.98 Å². The molecule has 4 nitrogen and oxygen atoms in total. The number of piperazine rings is 1. The lowest BCUT2D eigenvalue weighted by atomic mass is 10.1. The molecule has 0 unspecified atom stereocenters. The summed E-state index contributed by atoms with van der Waals surface area (Å²) in [6.45, 7) is 12.0. The van der Waals surface area contributed by atoms with E-state index in [4.69, 9.17) is 4.98 Å². The average molecular weight is 358 g/mol. The summed E-state index contributed by atoms with van der Waals surface area (Å²) >= 11 is 1.54. The number of thiazole rings is 1. The highest BCUT2D eigenvalue weighted by molar-refractivity contribution is 7.17. The third-order valence-corrected chi connectivity index (χ3v) is 6.13. The number of benzene rings is 1. The Balaban J connectivity index is 1.80. The first kappa shape index (κ1) is 18.1. The van der Waals surface area contributed by atoms with Crippen LogP contribution in [-0.2, 0) is 6.42 Å². The van der Waals surface area contributed by atoms with E-state index in [1.807, 2.05) is 17.9 Å². The fourth-order valence-electron chi connectivity index (χ4n) is 3.33. The summed E-state index contributed by atoms with van der Waals surface area (Å²) in [6.07, 6.45) is 0.968. The Hall–Kier alpha value is -1.72. The summed E-state index contributed by atoms with van der Waals surface area (Å²) < 4.78 is 0. The van der Waals surface area contributed by atoms with Crippen LogP contribution in [-0.4, -0.2) is 52.9 Å². The second-order valence-corrected chi connectivity index (χ2v) is 7.87. The summed E-state index contributed by atoms with van der Waals surface area (Å²) in [4.78, 5) is 22.9. The molecule has 1 saturated heterocycles. The summed E-state index contributed by atoms with van der Waals surface area (Å²) in [5.41, 5.74) is 3.28. The van der Waals surface area contributed by atoms with Crippen LogP contribution in [0.15, 0.2) is 24.3 Å². The quantitative estimate of drug-likeness (QED) is 0.834. The van der Waals surface area contributed by atoms with Gasteiger partial charge in [-0.3, -0.25) is 9.69 Å². The van der Waals surface area contributed by atoms with E-state index in [1.165, 1.54) is 16.9 Å². The number of carbonyl (C=O) groups excluding carboxylic acids is 1. The van der Waals surface area contributed by atoms with Crippen LogP contribution < -0.4 is 0 Å². The van der Waals surface area contributed by atoms with Crippen molar-refractivity contribution < 1.29 is 4.79 Å². The minimum atomic E-state index is 0.138. The van der Waals surface area contributed by atoms with Crippen LogP contribution in [0.5, 0.6) is 0 Å². The molecule has 25 heavy (non-hydrogen) atoms. The van der Waals surface area contributed by atoms with Crippen molar-refractivity contribution in [1.29, 1.82) is 0 Å². The Bertz CT molecular complexity index is 745. The monoisotopic (exact) mass is 357 g/mol. The molecule has 1 aromatic carbocycles. The molecule has 1 fully saturated rings. The maximum Gasteiger partial charge on any atom is 0.265 e. The van der Waals surface area contributed by atoms with Gasteiger partial charge in [-0.05, 0) is 32.8 Å². The maximum atomic E-state index is 13.0. The van der Waals surface area contributed by atoms with Crippen LogP contribution in [0.25, 0.3) is 10.6 Å². The molecule has 1 aliphatic rings. The molecule has 0 aliphatic carbocycles. The van der Waals surface area contributed by atoms with Gasteiger partial charge in [-0.1, -0.05) is 31.2 Å². The Morgan fingerprint density at radius 2 is 1.88 bits per heavy atom. The van der Waals surface area contributed by atoms with Crippen molar-refractivity contribution in [2.45, 2.75) is 40.2 Å². The van der Waals surface area contributed by atoms with Crippen LogP contribution in [0.3, 0.4) is 0 Å². The van der Waals surface area contributed by atoms with Gasteiger partial charge in [0.1, 0.15) is 9.88 Å². The zero-order chi connectivity index (χ0) is 18.0. The number of carbonyl (C=O) groups is 1. The van der Waals surface area contributed by atoms with E-state index in [0.717, 1.165) is 53.7 Å². The van der Waals surface area contributed by atoms with Gasteiger partial charge in [-0.2, -0.15) is 0 Å². The number of aryl methyl sites for hydroxylation is 2. The van der Waals surface area contributed by atoms with Crippen molar-refractivity contribution in [3.63, 3.8) is 0 Å². The smallest absolute Gasteiger partial charge is 0.265 e. The van der Waals surface area contributed by atoms with Crippen LogP contribution in [0.2, 0.25) is 0 Å². The van der Waals surface area contributed by atoms with Crippen molar-refractivity contribution in [2.24, 2.45) is 0 Å². The minimum Gasteiger partial charge on any atom is -0.335 e. The summed E-state index contributed by atoms with van der Waals surface area (Å²) in [7, 11) is 0. The molecule has 1 aliphatic heterocycles. The molecule has 5 heteroatoms. The van der Waals surface area contributed by atoms with Gasteiger partial charge in [0.05, 0.1) is 5.69 Å². The van der Waals surface area contributed by atoms with E-state index in [-0.39, 0.29) is 5.91 Å². The Morgan fingerprint density at radius 1 is 1.20 bits per heavy atom. The summed E-state index contributed by atoms with van der Waals surface area (Å²) in [5.74, 6) is 0.138. The van der Waals surface area contributed by atoms with Crippen LogP contribution in [0.1, 0.15) is 41.7 Å². The number of rotatable bonds is 4. The maximum absolute atomic E-state index is 13.0. The molecule has 0 atom stereocenters. The van der Waals surface area contributed by atoms with Gasteiger partial charge in [0.25, 0.3) is 5.91 Å². The Labute approximate surface area is 154 Å².